The number of hydrogen-bond donors (Lipinski definition) is 2. The largest absolute Gasteiger partial charge is 0.478 e. The molecule has 1 aromatic heterocycles. The first kappa shape index (κ1) is 10.9. The molecule has 3 N–H and O–H groups in total. The Kier molecular flexibility index (Phi) is 4.35. The summed E-state index contributed by atoms with van der Waals surface area (Å²) in [6, 6.07) is 3.51. The van der Waals surface area contributed by atoms with Gasteiger partial charge in [-0.1, -0.05) is 6.92 Å². The molecule has 0 saturated carbocycles. The molecule has 0 amide bonds. The Bertz CT molecular complexity index is 261. The normalized spacial score (nSPS) is 12.5. The molecule has 4 heteroatoms. The van der Waals surface area contributed by atoms with E-state index in [9.17, 15) is 5.11 Å². The van der Waals surface area contributed by atoms with E-state index < -0.39 is 6.10 Å². The maximum atomic E-state index is 9.39. The molecule has 1 heterocycles. The first-order valence-corrected chi connectivity index (χ1v) is 4.74. The summed E-state index contributed by atoms with van der Waals surface area (Å²) in [5.74, 6) is 0.583. The van der Waals surface area contributed by atoms with Crippen molar-refractivity contribution in [2.24, 2.45) is 5.73 Å². The topological polar surface area (TPSA) is 68.4 Å². The van der Waals surface area contributed by atoms with Gasteiger partial charge in [0, 0.05) is 24.4 Å². The first-order chi connectivity index (χ1) is 6.77. The number of nitrogens with zero attached hydrogens (tertiary/aromatic N) is 1. The van der Waals surface area contributed by atoms with Gasteiger partial charge in [0.2, 0.25) is 5.88 Å². The minimum absolute atomic E-state index is 0.205. The van der Waals surface area contributed by atoms with Crippen LogP contribution in [0.4, 0.5) is 0 Å². The van der Waals surface area contributed by atoms with Crippen molar-refractivity contribution in [2.75, 3.05) is 13.2 Å². The minimum atomic E-state index is -0.636. The average molecular weight is 196 g/mol. The van der Waals surface area contributed by atoms with Crippen molar-refractivity contribution in [1.82, 2.24) is 4.98 Å². The minimum Gasteiger partial charge on any atom is -0.478 e. The van der Waals surface area contributed by atoms with Crippen LogP contribution in [0.15, 0.2) is 18.3 Å². The number of hydrogen-bond acceptors (Lipinski definition) is 4. The number of nitrogens with two attached hydrogens (primary N) is 1. The first-order valence-electron chi connectivity index (χ1n) is 4.74. The lowest BCUT2D eigenvalue weighted by Crippen LogP contribution is -2.11. The van der Waals surface area contributed by atoms with Crippen molar-refractivity contribution >= 4 is 0 Å². The number of rotatable bonds is 5. The van der Waals surface area contributed by atoms with Gasteiger partial charge in [-0.05, 0) is 12.5 Å². The maximum Gasteiger partial charge on any atom is 0.213 e. The molecule has 78 valence electrons. The molecular weight excluding hydrogens is 180 g/mol. The highest BCUT2D eigenvalue weighted by Crippen LogP contribution is 2.13. The van der Waals surface area contributed by atoms with Crippen molar-refractivity contribution < 1.29 is 9.84 Å². The molecular formula is C10H16N2O2. The zero-order valence-electron chi connectivity index (χ0n) is 8.31. The molecule has 0 aliphatic rings. The molecule has 0 bridgehead atoms. The summed E-state index contributed by atoms with van der Waals surface area (Å²) >= 11 is 0. The van der Waals surface area contributed by atoms with Gasteiger partial charge in [0.05, 0.1) is 12.7 Å². The lowest BCUT2D eigenvalue weighted by molar-refractivity contribution is 0.186. The molecule has 0 radical (unpaired) electrons. The van der Waals surface area contributed by atoms with Gasteiger partial charge in [0.15, 0.2) is 0 Å². The Morgan fingerprint density at radius 2 is 2.36 bits per heavy atom. The van der Waals surface area contributed by atoms with Crippen molar-refractivity contribution in [3.8, 4) is 5.88 Å². The molecule has 0 aromatic carbocycles. The number of pyridine rings is 1. The quantitative estimate of drug-likeness (QED) is 0.733. The Morgan fingerprint density at radius 1 is 1.57 bits per heavy atom. The number of aliphatic hydroxyl groups excluding tert-OH is 1. The second-order valence-electron chi connectivity index (χ2n) is 3.03. The van der Waals surface area contributed by atoms with Crippen molar-refractivity contribution in [3.05, 3.63) is 23.9 Å². The van der Waals surface area contributed by atoms with Crippen LogP contribution in [-0.2, 0) is 0 Å². The number of aliphatic hydroxyl groups is 1. The van der Waals surface area contributed by atoms with Crippen molar-refractivity contribution in [1.29, 1.82) is 0 Å². The number of ether oxygens (including phenoxy) is 1. The van der Waals surface area contributed by atoms with Crippen LogP contribution in [-0.4, -0.2) is 23.2 Å². The fourth-order valence-electron chi connectivity index (χ4n) is 1.02. The SMILES string of the molecule is CCCOc1ccc([C@@H](O)CN)cn1. The van der Waals surface area contributed by atoms with E-state index in [4.69, 9.17) is 10.5 Å². The van der Waals surface area contributed by atoms with Crippen LogP contribution >= 0.6 is 0 Å². The fourth-order valence-corrected chi connectivity index (χ4v) is 1.02. The summed E-state index contributed by atoms with van der Waals surface area (Å²) in [5.41, 5.74) is 6.03. The van der Waals surface area contributed by atoms with Gasteiger partial charge in [0.1, 0.15) is 0 Å². The summed E-state index contributed by atoms with van der Waals surface area (Å²) in [5, 5.41) is 9.39. The van der Waals surface area contributed by atoms with Gasteiger partial charge < -0.3 is 15.6 Å². The summed E-state index contributed by atoms with van der Waals surface area (Å²) in [4.78, 5) is 4.05. The monoisotopic (exact) mass is 196 g/mol. The van der Waals surface area contributed by atoms with E-state index >= 15 is 0 Å². The molecule has 0 aliphatic carbocycles. The van der Waals surface area contributed by atoms with Crippen LogP contribution < -0.4 is 10.5 Å². The van der Waals surface area contributed by atoms with Crippen molar-refractivity contribution in [3.63, 3.8) is 0 Å². The molecule has 14 heavy (non-hydrogen) atoms. The predicted octanol–water partition coefficient (Wildman–Crippen LogP) is 0.863. The van der Waals surface area contributed by atoms with Crippen LogP contribution in [0.5, 0.6) is 5.88 Å². The Labute approximate surface area is 83.7 Å². The maximum absolute atomic E-state index is 9.39. The van der Waals surface area contributed by atoms with Gasteiger partial charge in [-0.3, -0.25) is 0 Å². The second-order valence-corrected chi connectivity index (χ2v) is 3.03. The highest BCUT2D eigenvalue weighted by atomic mass is 16.5. The third-order valence-electron chi connectivity index (χ3n) is 1.82. The standard InChI is InChI=1S/C10H16N2O2/c1-2-5-14-10-4-3-8(7-12-10)9(13)6-11/h3-4,7,9,13H,2,5-6,11H2,1H3/t9-/m0/s1. The fraction of sp³-hybridized carbons (Fsp3) is 0.500. The van der Waals surface area contributed by atoms with E-state index in [2.05, 4.69) is 4.98 Å². The van der Waals surface area contributed by atoms with Crippen LogP contribution in [0.3, 0.4) is 0 Å². The van der Waals surface area contributed by atoms with Crippen LogP contribution in [0, 0.1) is 0 Å². The summed E-state index contributed by atoms with van der Waals surface area (Å²) in [7, 11) is 0. The molecule has 0 spiro atoms. The lowest BCUT2D eigenvalue weighted by atomic mass is 10.2. The second kappa shape index (κ2) is 5.57. The van der Waals surface area contributed by atoms with Gasteiger partial charge in [0.25, 0.3) is 0 Å². The van der Waals surface area contributed by atoms with E-state index in [0.29, 0.717) is 12.5 Å². The predicted molar refractivity (Wildman–Crippen MR) is 54.0 cm³/mol. The highest BCUT2D eigenvalue weighted by molar-refractivity contribution is 5.19. The van der Waals surface area contributed by atoms with Gasteiger partial charge >= 0.3 is 0 Å². The molecule has 4 nitrogen and oxygen atoms in total. The van der Waals surface area contributed by atoms with E-state index in [0.717, 1.165) is 12.0 Å². The van der Waals surface area contributed by atoms with E-state index in [1.54, 1.807) is 18.3 Å². The molecule has 0 unspecified atom stereocenters. The van der Waals surface area contributed by atoms with Gasteiger partial charge in [-0.2, -0.15) is 0 Å². The van der Waals surface area contributed by atoms with E-state index in [-0.39, 0.29) is 6.54 Å². The number of aromatic nitrogens is 1. The molecule has 0 aliphatic heterocycles. The Hall–Kier alpha value is -1.13. The molecule has 0 saturated heterocycles. The Morgan fingerprint density at radius 3 is 2.86 bits per heavy atom. The van der Waals surface area contributed by atoms with Crippen LogP contribution in [0.1, 0.15) is 25.0 Å². The summed E-state index contributed by atoms with van der Waals surface area (Å²) < 4.78 is 5.30. The zero-order chi connectivity index (χ0) is 10.4. The smallest absolute Gasteiger partial charge is 0.213 e. The third kappa shape index (κ3) is 2.97. The van der Waals surface area contributed by atoms with E-state index in [1.165, 1.54) is 0 Å². The molecule has 1 aromatic rings. The lowest BCUT2D eigenvalue weighted by Gasteiger charge is -2.08. The van der Waals surface area contributed by atoms with Crippen LogP contribution in [0.2, 0.25) is 0 Å². The molecule has 1 rings (SSSR count). The van der Waals surface area contributed by atoms with Gasteiger partial charge in [-0.25, -0.2) is 4.98 Å². The third-order valence-corrected chi connectivity index (χ3v) is 1.82. The van der Waals surface area contributed by atoms with E-state index in [1.807, 2.05) is 6.92 Å². The van der Waals surface area contributed by atoms with Crippen molar-refractivity contribution in [2.45, 2.75) is 19.4 Å². The summed E-state index contributed by atoms with van der Waals surface area (Å²) in [6.07, 6.45) is 1.90. The van der Waals surface area contributed by atoms with Crippen LogP contribution in [0.25, 0.3) is 0 Å². The highest BCUT2D eigenvalue weighted by Gasteiger charge is 2.05. The molecule has 0 fully saturated rings. The molecule has 1 atom stereocenters. The Balaban J connectivity index is 2.59. The average Bonchev–Trinajstić information content (AvgIpc) is 2.26. The summed E-state index contributed by atoms with van der Waals surface area (Å²) in [6.45, 7) is 2.90. The zero-order valence-corrected chi connectivity index (χ0v) is 8.31. The van der Waals surface area contributed by atoms with Gasteiger partial charge in [-0.15, -0.1) is 0 Å².